The summed E-state index contributed by atoms with van der Waals surface area (Å²) in [6, 6.07) is 0.283. The second-order valence-electron chi connectivity index (χ2n) is 5.26. The summed E-state index contributed by atoms with van der Waals surface area (Å²) >= 11 is 0. The number of nitrogens with zero attached hydrogens (tertiary/aromatic N) is 3. The number of hydrogen-bond acceptors (Lipinski definition) is 4. The summed E-state index contributed by atoms with van der Waals surface area (Å²) in [5.74, 6) is -2.72. The third kappa shape index (κ3) is 4.52. The first-order valence-corrected chi connectivity index (χ1v) is 6.76. The summed E-state index contributed by atoms with van der Waals surface area (Å²) in [5, 5.41) is 11.0. The quantitative estimate of drug-likeness (QED) is 0.336. The van der Waals surface area contributed by atoms with Gasteiger partial charge in [-0.15, -0.1) is 0 Å². The number of oxime groups is 1. The maximum atomic E-state index is 12.9. The average Bonchev–Trinajstić information content (AvgIpc) is 2.80. The van der Waals surface area contributed by atoms with Crippen molar-refractivity contribution in [3.8, 4) is 0 Å². The molecule has 3 N–H and O–H groups in total. The molecule has 118 valence electrons. The fourth-order valence-electron chi connectivity index (χ4n) is 2.70. The molecule has 0 aromatic carbocycles. The highest BCUT2D eigenvalue weighted by molar-refractivity contribution is 5.83. The maximum Gasteiger partial charge on any atom is 0.400 e. The zero-order valence-electron chi connectivity index (χ0n) is 11.9. The van der Waals surface area contributed by atoms with E-state index < -0.39 is 17.9 Å². The molecule has 1 fully saturated rings. The molecular weight excluding hydrogens is 273 g/mol. The molecule has 0 spiro atoms. The highest BCUT2D eigenvalue weighted by Gasteiger charge is 2.43. The van der Waals surface area contributed by atoms with E-state index in [1.165, 1.54) is 0 Å². The number of hydrogen-bond donors (Lipinski definition) is 2. The average molecular weight is 296 g/mol. The number of rotatable bonds is 6. The largest absolute Gasteiger partial charge is 0.409 e. The molecule has 0 amide bonds. The van der Waals surface area contributed by atoms with Crippen LogP contribution in [0.4, 0.5) is 13.2 Å². The fraction of sp³-hybridized carbons (Fsp3) is 0.917. The van der Waals surface area contributed by atoms with Crippen molar-refractivity contribution in [3.05, 3.63) is 0 Å². The van der Waals surface area contributed by atoms with Gasteiger partial charge in [0.1, 0.15) is 5.92 Å². The van der Waals surface area contributed by atoms with Gasteiger partial charge in [0.2, 0.25) is 0 Å². The van der Waals surface area contributed by atoms with E-state index in [0.717, 1.165) is 25.9 Å². The molecule has 2 atom stereocenters. The van der Waals surface area contributed by atoms with Crippen molar-refractivity contribution in [3.63, 3.8) is 0 Å². The number of likely N-dealkylation sites (tertiary alicyclic amines) is 1. The lowest BCUT2D eigenvalue weighted by Crippen LogP contribution is -2.46. The van der Waals surface area contributed by atoms with Crippen LogP contribution in [0.2, 0.25) is 0 Å². The third-order valence-electron chi connectivity index (χ3n) is 3.79. The Balaban J connectivity index is 2.60. The molecular formula is C12H23F3N4O. The van der Waals surface area contributed by atoms with Crippen molar-refractivity contribution < 1.29 is 18.4 Å². The van der Waals surface area contributed by atoms with E-state index in [9.17, 15) is 13.2 Å². The maximum absolute atomic E-state index is 12.9. The second-order valence-corrected chi connectivity index (χ2v) is 5.26. The minimum atomic E-state index is -4.51. The Morgan fingerprint density at radius 3 is 2.70 bits per heavy atom. The summed E-state index contributed by atoms with van der Waals surface area (Å²) in [6.45, 7) is 4.21. The Morgan fingerprint density at radius 1 is 1.55 bits per heavy atom. The molecule has 0 aromatic rings. The molecule has 1 aliphatic heterocycles. The van der Waals surface area contributed by atoms with Gasteiger partial charge in [-0.25, -0.2) is 0 Å². The van der Waals surface area contributed by atoms with Gasteiger partial charge in [-0.1, -0.05) is 12.1 Å². The molecule has 8 heteroatoms. The van der Waals surface area contributed by atoms with E-state index in [1.807, 2.05) is 6.92 Å². The van der Waals surface area contributed by atoms with Gasteiger partial charge in [0, 0.05) is 19.1 Å². The summed E-state index contributed by atoms with van der Waals surface area (Å²) in [6.07, 6.45) is -2.43. The zero-order valence-corrected chi connectivity index (χ0v) is 11.9. The first kappa shape index (κ1) is 17.0. The summed E-state index contributed by atoms with van der Waals surface area (Å²) < 4.78 is 38.6. The molecule has 0 radical (unpaired) electrons. The number of amidine groups is 1. The van der Waals surface area contributed by atoms with Gasteiger partial charge in [-0.05, 0) is 33.0 Å². The van der Waals surface area contributed by atoms with Gasteiger partial charge in [-0.2, -0.15) is 13.2 Å². The SMILES string of the molecule is CCN1CCCC1CN(C)CC(C(N)=NO)C(F)(F)F. The van der Waals surface area contributed by atoms with Crippen molar-refractivity contribution in [2.45, 2.75) is 32.0 Å². The molecule has 1 aliphatic rings. The van der Waals surface area contributed by atoms with Crippen LogP contribution in [0.15, 0.2) is 5.16 Å². The zero-order chi connectivity index (χ0) is 15.3. The number of nitrogens with two attached hydrogens (primary N) is 1. The van der Waals surface area contributed by atoms with Gasteiger partial charge in [0.25, 0.3) is 0 Å². The van der Waals surface area contributed by atoms with E-state index in [4.69, 9.17) is 10.9 Å². The lowest BCUT2D eigenvalue weighted by atomic mass is 10.1. The van der Waals surface area contributed by atoms with E-state index >= 15 is 0 Å². The topological polar surface area (TPSA) is 65.1 Å². The van der Waals surface area contributed by atoms with Crippen molar-refractivity contribution in [2.75, 3.05) is 33.2 Å². The predicted molar refractivity (Wildman–Crippen MR) is 70.7 cm³/mol. The van der Waals surface area contributed by atoms with Crippen molar-refractivity contribution in [2.24, 2.45) is 16.8 Å². The summed E-state index contributed by atoms with van der Waals surface area (Å²) in [4.78, 5) is 3.87. The number of likely N-dealkylation sites (N-methyl/N-ethyl adjacent to an activating group) is 2. The van der Waals surface area contributed by atoms with Gasteiger partial charge in [-0.3, -0.25) is 4.90 Å². The van der Waals surface area contributed by atoms with Crippen molar-refractivity contribution >= 4 is 5.84 Å². The first-order valence-electron chi connectivity index (χ1n) is 6.76. The fourth-order valence-corrected chi connectivity index (χ4v) is 2.70. The van der Waals surface area contributed by atoms with Gasteiger partial charge in [0.15, 0.2) is 5.84 Å². The number of halogens is 3. The van der Waals surface area contributed by atoms with Gasteiger partial charge in [0.05, 0.1) is 0 Å². The second kappa shape index (κ2) is 7.12. The summed E-state index contributed by atoms with van der Waals surface area (Å²) in [7, 11) is 1.63. The predicted octanol–water partition coefficient (Wildman–Crippen LogP) is 1.33. The van der Waals surface area contributed by atoms with Gasteiger partial charge < -0.3 is 15.8 Å². The van der Waals surface area contributed by atoms with Crippen molar-refractivity contribution in [1.82, 2.24) is 9.80 Å². The third-order valence-corrected chi connectivity index (χ3v) is 3.79. The van der Waals surface area contributed by atoms with Crippen LogP contribution >= 0.6 is 0 Å². The van der Waals surface area contributed by atoms with Crippen LogP contribution in [0.5, 0.6) is 0 Å². The van der Waals surface area contributed by atoms with Crippen LogP contribution in [0, 0.1) is 5.92 Å². The van der Waals surface area contributed by atoms with E-state index in [2.05, 4.69) is 10.1 Å². The van der Waals surface area contributed by atoms with Crippen molar-refractivity contribution in [1.29, 1.82) is 0 Å². The van der Waals surface area contributed by atoms with Crippen LogP contribution in [-0.2, 0) is 0 Å². The molecule has 1 saturated heterocycles. The molecule has 1 rings (SSSR count). The van der Waals surface area contributed by atoms with Gasteiger partial charge >= 0.3 is 6.18 Å². The molecule has 5 nitrogen and oxygen atoms in total. The lowest BCUT2D eigenvalue weighted by Gasteiger charge is -2.30. The van der Waals surface area contributed by atoms with Crippen LogP contribution in [-0.4, -0.2) is 66.3 Å². The first-order chi connectivity index (χ1) is 9.29. The smallest absolute Gasteiger partial charge is 0.400 e. The van der Waals surface area contributed by atoms with Crippen LogP contribution in [0.1, 0.15) is 19.8 Å². The summed E-state index contributed by atoms with van der Waals surface area (Å²) in [5.41, 5.74) is 5.16. The van der Waals surface area contributed by atoms with Crippen LogP contribution in [0.25, 0.3) is 0 Å². The van der Waals surface area contributed by atoms with E-state index in [1.54, 1.807) is 11.9 Å². The van der Waals surface area contributed by atoms with Crippen LogP contribution < -0.4 is 5.73 Å². The molecule has 20 heavy (non-hydrogen) atoms. The minimum absolute atomic E-state index is 0.283. The molecule has 0 saturated carbocycles. The highest BCUT2D eigenvalue weighted by Crippen LogP contribution is 2.27. The monoisotopic (exact) mass is 296 g/mol. The number of alkyl halides is 3. The minimum Gasteiger partial charge on any atom is -0.409 e. The molecule has 0 aromatic heterocycles. The molecule has 0 aliphatic carbocycles. The van der Waals surface area contributed by atoms with E-state index in [0.29, 0.717) is 6.54 Å². The Kier molecular flexibility index (Phi) is 6.07. The molecule has 0 bridgehead atoms. The molecule has 2 unspecified atom stereocenters. The normalized spacial score (nSPS) is 23.5. The molecule has 1 heterocycles. The van der Waals surface area contributed by atoms with E-state index in [-0.39, 0.29) is 12.6 Å². The Labute approximate surface area is 117 Å². The highest BCUT2D eigenvalue weighted by atomic mass is 19.4. The Morgan fingerprint density at radius 2 is 2.20 bits per heavy atom. The standard InChI is InChI=1S/C12H23F3N4O/c1-3-19-6-4-5-9(19)7-18(2)8-10(11(16)17-20)12(13,14)15/h9-10,20H,3-8H2,1-2H3,(H2,16,17). The Bertz CT molecular complexity index is 335. The Hall–Kier alpha value is -1.02. The lowest BCUT2D eigenvalue weighted by molar-refractivity contribution is -0.159. The van der Waals surface area contributed by atoms with Crippen LogP contribution in [0.3, 0.4) is 0 Å².